The van der Waals surface area contributed by atoms with Crippen molar-refractivity contribution in [3.63, 3.8) is 0 Å². The average Bonchev–Trinajstić information content (AvgIpc) is 2.52. The van der Waals surface area contributed by atoms with Gasteiger partial charge in [-0.15, -0.1) is 0 Å². The molecule has 2 aromatic rings. The van der Waals surface area contributed by atoms with Crippen LogP contribution in [-0.2, 0) is 16.0 Å². The highest BCUT2D eigenvalue weighted by atomic mass is 32.1. The Labute approximate surface area is 143 Å². The maximum Gasteiger partial charge on any atom is 0.263 e. The highest BCUT2D eigenvalue weighted by Gasteiger charge is 2.25. The summed E-state index contributed by atoms with van der Waals surface area (Å²) in [6.45, 7) is 0. The third kappa shape index (κ3) is 3.72. The monoisotopic (exact) mass is 340 g/mol. The number of thiocarbonyl (C=S) groups is 1. The maximum absolute atomic E-state index is 13.2. The molecule has 0 saturated carbocycles. The van der Waals surface area contributed by atoms with Crippen molar-refractivity contribution in [3.05, 3.63) is 76.6 Å². The van der Waals surface area contributed by atoms with E-state index in [0.717, 1.165) is 11.1 Å². The minimum absolute atomic E-state index is 0.00137. The molecular weight excluding hydrogens is 327 g/mol. The van der Waals surface area contributed by atoms with Gasteiger partial charge in [-0.25, -0.2) is 4.39 Å². The number of halogens is 1. The lowest BCUT2D eigenvalue weighted by molar-refractivity contribution is -0.123. The zero-order valence-corrected chi connectivity index (χ0v) is 13.3. The number of carbonyl (C=O) groups excluding carboxylic acids is 2. The summed E-state index contributed by atoms with van der Waals surface area (Å²) in [5.74, 6) is -1.30. The van der Waals surface area contributed by atoms with Crippen molar-refractivity contribution in [2.75, 3.05) is 0 Å². The van der Waals surface area contributed by atoms with Gasteiger partial charge in [0.2, 0.25) is 0 Å². The molecular formula is C18H13FN2O2S. The molecule has 0 unspecified atom stereocenters. The molecule has 1 saturated heterocycles. The second-order valence-electron chi connectivity index (χ2n) is 5.34. The van der Waals surface area contributed by atoms with Gasteiger partial charge in [0.1, 0.15) is 11.4 Å². The molecule has 2 amide bonds. The molecule has 1 aliphatic rings. The van der Waals surface area contributed by atoms with Crippen molar-refractivity contribution < 1.29 is 14.0 Å². The molecule has 0 bridgehead atoms. The van der Waals surface area contributed by atoms with Crippen LogP contribution in [0.5, 0.6) is 0 Å². The fourth-order valence-electron chi connectivity index (χ4n) is 2.39. The van der Waals surface area contributed by atoms with Crippen molar-refractivity contribution in [1.82, 2.24) is 10.6 Å². The van der Waals surface area contributed by atoms with Gasteiger partial charge in [0.25, 0.3) is 11.8 Å². The third-order valence-corrected chi connectivity index (χ3v) is 3.74. The Hall–Kier alpha value is -2.86. The van der Waals surface area contributed by atoms with E-state index in [-0.39, 0.29) is 16.5 Å². The number of carbonyl (C=O) groups is 2. The van der Waals surface area contributed by atoms with Gasteiger partial charge in [-0.3, -0.25) is 20.2 Å². The van der Waals surface area contributed by atoms with Crippen LogP contribution >= 0.6 is 12.2 Å². The highest BCUT2D eigenvalue weighted by molar-refractivity contribution is 7.80. The first-order chi connectivity index (χ1) is 11.5. The Balaban J connectivity index is 1.77. The van der Waals surface area contributed by atoms with E-state index < -0.39 is 11.8 Å². The molecule has 2 N–H and O–H groups in total. The van der Waals surface area contributed by atoms with E-state index in [1.54, 1.807) is 18.2 Å². The topological polar surface area (TPSA) is 58.2 Å². The van der Waals surface area contributed by atoms with Gasteiger partial charge in [0.05, 0.1) is 0 Å². The quantitative estimate of drug-likeness (QED) is 0.512. The third-order valence-electron chi connectivity index (χ3n) is 3.53. The van der Waals surface area contributed by atoms with Gasteiger partial charge in [0, 0.05) is 0 Å². The lowest BCUT2D eigenvalue weighted by Crippen LogP contribution is -2.51. The molecule has 120 valence electrons. The molecule has 0 spiro atoms. The molecule has 2 aromatic carbocycles. The van der Waals surface area contributed by atoms with Crippen LogP contribution in [0.15, 0.2) is 54.1 Å². The summed E-state index contributed by atoms with van der Waals surface area (Å²) in [7, 11) is 0. The van der Waals surface area contributed by atoms with E-state index in [4.69, 9.17) is 12.2 Å². The minimum Gasteiger partial charge on any atom is -0.299 e. The molecule has 3 rings (SSSR count). The largest absolute Gasteiger partial charge is 0.299 e. The number of hydrogen-bond acceptors (Lipinski definition) is 3. The summed E-state index contributed by atoms with van der Waals surface area (Å²) in [6, 6.07) is 13.8. The van der Waals surface area contributed by atoms with Gasteiger partial charge in [-0.1, -0.05) is 36.4 Å². The molecule has 4 nitrogen and oxygen atoms in total. The number of hydrogen-bond donors (Lipinski definition) is 2. The first-order valence-corrected chi connectivity index (χ1v) is 7.64. The Morgan fingerprint density at radius 1 is 0.958 bits per heavy atom. The molecule has 0 atom stereocenters. The smallest absolute Gasteiger partial charge is 0.263 e. The Morgan fingerprint density at radius 3 is 2.25 bits per heavy atom. The standard InChI is InChI=1S/C18H13FN2O2S/c19-14-3-1-2-13(9-14)8-11-4-6-12(7-5-11)10-15-16(22)20-18(24)21-17(15)23/h1-7,9-10H,8H2,(H2,20,21,22,23,24). The number of nitrogens with one attached hydrogen (secondary N) is 2. The summed E-state index contributed by atoms with van der Waals surface area (Å²) in [6.07, 6.45) is 2.10. The van der Waals surface area contributed by atoms with Crippen LogP contribution < -0.4 is 10.6 Å². The normalized spacial score (nSPS) is 14.2. The second kappa shape index (κ2) is 6.72. The molecule has 0 radical (unpaired) electrons. The van der Waals surface area contributed by atoms with Gasteiger partial charge >= 0.3 is 0 Å². The molecule has 0 aromatic heterocycles. The summed E-state index contributed by atoms with van der Waals surface area (Å²) in [4.78, 5) is 23.6. The van der Waals surface area contributed by atoms with E-state index in [1.807, 2.05) is 18.2 Å². The maximum atomic E-state index is 13.2. The fourth-order valence-corrected chi connectivity index (χ4v) is 2.57. The van der Waals surface area contributed by atoms with Gasteiger partial charge in [-0.2, -0.15) is 0 Å². The first-order valence-electron chi connectivity index (χ1n) is 7.23. The van der Waals surface area contributed by atoms with Gasteiger partial charge in [0.15, 0.2) is 5.11 Å². The summed E-state index contributed by atoms with van der Waals surface area (Å²) < 4.78 is 13.2. The number of benzene rings is 2. The lowest BCUT2D eigenvalue weighted by Gasteiger charge is -2.16. The van der Waals surface area contributed by atoms with Crippen LogP contribution in [0.25, 0.3) is 6.08 Å². The van der Waals surface area contributed by atoms with Crippen molar-refractivity contribution in [3.8, 4) is 0 Å². The van der Waals surface area contributed by atoms with Crippen LogP contribution in [0.2, 0.25) is 0 Å². The lowest BCUT2D eigenvalue weighted by atomic mass is 10.0. The average molecular weight is 340 g/mol. The summed E-state index contributed by atoms with van der Waals surface area (Å²) >= 11 is 4.75. The van der Waals surface area contributed by atoms with E-state index in [0.29, 0.717) is 12.0 Å². The molecule has 0 aliphatic carbocycles. The molecule has 24 heavy (non-hydrogen) atoms. The summed E-state index contributed by atoms with van der Waals surface area (Å²) in [5.41, 5.74) is 2.59. The van der Waals surface area contributed by atoms with Crippen molar-refractivity contribution >= 4 is 35.2 Å². The predicted octanol–water partition coefficient (Wildman–Crippen LogP) is 2.33. The minimum atomic E-state index is -0.521. The molecule has 1 heterocycles. The van der Waals surface area contributed by atoms with Crippen molar-refractivity contribution in [2.45, 2.75) is 6.42 Å². The van der Waals surface area contributed by atoms with Gasteiger partial charge in [-0.05, 0) is 53.5 Å². The Morgan fingerprint density at radius 2 is 1.62 bits per heavy atom. The van der Waals surface area contributed by atoms with Crippen LogP contribution in [0.3, 0.4) is 0 Å². The zero-order valence-electron chi connectivity index (χ0n) is 12.5. The van der Waals surface area contributed by atoms with Crippen molar-refractivity contribution in [2.24, 2.45) is 0 Å². The van der Waals surface area contributed by atoms with Crippen LogP contribution in [0.1, 0.15) is 16.7 Å². The van der Waals surface area contributed by atoms with E-state index in [1.165, 1.54) is 18.2 Å². The van der Waals surface area contributed by atoms with Crippen LogP contribution in [0, 0.1) is 5.82 Å². The first kappa shape index (κ1) is 16.0. The SMILES string of the molecule is O=C1NC(=S)NC(=O)C1=Cc1ccc(Cc2cccc(F)c2)cc1. The van der Waals surface area contributed by atoms with E-state index >= 15 is 0 Å². The Kier molecular flexibility index (Phi) is 4.48. The molecule has 6 heteroatoms. The molecule has 1 fully saturated rings. The fraction of sp³-hybridized carbons (Fsp3) is 0.0556. The second-order valence-corrected chi connectivity index (χ2v) is 5.75. The van der Waals surface area contributed by atoms with Crippen LogP contribution in [0.4, 0.5) is 4.39 Å². The van der Waals surface area contributed by atoms with E-state index in [2.05, 4.69) is 10.6 Å². The van der Waals surface area contributed by atoms with E-state index in [9.17, 15) is 14.0 Å². The Bertz CT molecular complexity index is 838. The number of rotatable bonds is 3. The van der Waals surface area contributed by atoms with Crippen molar-refractivity contribution in [1.29, 1.82) is 0 Å². The predicted molar refractivity (Wildman–Crippen MR) is 92.5 cm³/mol. The number of amides is 2. The van der Waals surface area contributed by atoms with Crippen LogP contribution in [-0.4, -0.2) is 16.9 Å². The molecule has 1 aliphatic heterocycles. The van der Waals surface area contributed by atoms with Gasteiger partial charge < -0.3 is 0 Å². The summed E-state index contributed by atoms with van der Waals surface area (Å²) in [5, 5.41) is 4.78. The highest BCUT2D eigenvalue weighted by Crippen LogP contribution is 2.14. The zero-order chi connectivity index (χ0) is 17.1.